The second-order valence-electron chi connectivity index (χ2n) is 31.6. The van der Waals surface area contributed by atoms with Crippen molar-refractivity contribution in [3.05, 3.63) is 379 Å². The van der Waals surface area contributed by atoms with Gasteiger partial charge in [0.25, 0.3) is 0 Å². The molecule has 0 saturated carbocycles. The monoisotopic (exact) mass is 1980 g/mol. The summed E-state index contributed by atoms with van der Waals surface area (Å²) < 4.78 is 93.3. The fourth-order valence-corrected chi connectivity index (χ4v) is 16.0. The molecule has 9 aromatic carbocycles. The molecule has 716 valence electrons. The van der Waals surface area contributed by atoms with E-state index >= 15 is 0 Å². The van der Waals surface area contributed by atoms with Crippen LogP contribution in [0.2, 0.25) is 0 Å². The molecular formula is C105H89BBrF3LiN17O15. The number of aromatic carboxylic acids is 1. The van der Waals surface area contributed by atoms with Gasteiger partial charge in [-0.2, -0.15) is 10.2 Å². The number of H-pyrrole nitrogens is 2. The zero-order valence-corrected chi connectivity index (χ0v) is 79.6. The van der Waals surface area contributed by atoms with Gasteiger partial charge in [0.15, 0.2) is 17.1 Å². The van der Waals surface area contributed by atoms with E-state index < -0.39 is 42.5 Å². The number of pyridine rings is 3. The molecule has 0 amide bonds. The Bertz CT molecular complexity index is 7650. The molecule has 6 N–H and O–H groups in total. The maximum atomic E-state index is 14.4. The molecule has 38 heteroatoms. The second-order valence-corrected chi connectivity index (χ2v) is 32.4. The number of aliphatic imine (C=N–C) groups is 1. The van der Waals surface area contributed by atoms with Crippen LogP contribution in [0, 0.1) is 37.2 Å². The van der Waals surface area contributed by atoms with Crippen molar-refractivity contribution in [1.82, 2.24) is 64.0 Å². The first-order chi connectivity index (χ1) is 68.6. The molecule has 0 aliphatic carbocycles. The quantitative estimate of drug-likeness (QED) is 0.0145. The molecule has 32 nitrogen and oxygen atoms in total. The third kappa shape index (κ3) is 25.8. The van der Waals surface area contributed by atoms with Crippen molar-refractivity contribution in [2.75, 3.05) is 61.9 Å². The van der Waals surface area contributed by atoms with E-state index in [4.69, 9.17) is 82.6 Å². The number of methoxy groups -OCH3 is 5. The maximum absolute atomic E-state index is 14.4. The molecule has 0 fully saturated rings. The summed E-state index contributed by atoms with van der Waals surface area (Å²) in [6.07, 6.45) is 8.26. The van der Waals surface area contributed by atoms with Crippen LogP contribution in [-0.2, 0) is 82.4 Å². The average Bonchev–Trinajstić information content (AvgIpc) is 1.64. The van der Waals surface area contributed by atoms with Crippen molar-refractivity contribution < 1.29 is 105 Å². The first kappa shape index (κ1) is 104. The predicted octanol–water partition coefficient (Wildman–Crippen LogP) is 16.5. The van der Waals surface area contributed by atoms with Crippen LogP contribution in [0.5, 0.6) is 17.6 Å². The number of benzene rings is 9. The van der Waals surface area contributed by atoms with Gasteiger partial charge in [-0.15, -0.1) is 0 Å². The number of imidazole rings is 3. The van der Waals surface area contributed by atoms with E-state index in [2.05, 4.69) is 79.9 Å². The van der Waals surface area contributed by atoms with E-state index in [0.29, 0.717) is 139 Å². The summed E-state index contributed by atoms with van der Waals surface area (Å²) in [6.45, 7) is 24.7. The van der Waals surface area contributed by atoms with E-state index in [0.717, 1.165) is 105 Å². The number of aromatic nitrogens is 13. The van der Waals surface area contributed by atoms with Gasteiger partial charge < -0.3 is 72.2 Å². The Morgan fingerprint density at radius 1 is 0.441 bits per heavy atom. The standard InChI is InChI=1S/C35H29FN6O4.C34H27FN6O4.C32H26BrFN4O4.C4H6BNO2.Li.H2O/c1-37-26-11-9-25(28(36)20-26)21-46-34-6-4-5-29(40-34)23-8-7-22(27(17-23)30-13-14-38-41-30)19-33-39-31-12-10-24(35(43)45-3)18-32(31)42(33)15-16-44-2;1-36-25-10-8-24(27(35)19-25)20-45-33-5-3-4-28(39-33)22-7-6-21(26(16-22)29-12-13-37-40-29)18-32-38-30-11-9-23(34(42)43)17-31(30)41(32)14-15-44-2;1-35-24-11-9-23(26(34)18-24)19-42-31-6-4-5-27(37-31)21-8-7-20(25(33)15-21)17-30-36-28-12-10-22(32(39)41-3)16-29(28)38(30)13-14-40-2;7-5(8)4-2-1-3-6-4;;/h4-14,17-18,20H,15-16,19,21H2,2-3H3,(H,38,41);3-13,16-17,19H,14-15,18,20H2,2H3,(H,37,40)(H,42,43);4-12,15-16,18H,13-14,17,19H2,2-3H3;1-2,7-8H,3H2;;1H2/q;;;;+1;/p-1. The minimum atomic E-state index is -1.39. The number of esters is 2. The number of carboxylic acid groups (broad SMARTS) is 1. The fourth-order valence-electron chi connectivity index (χ4n) is 15.4. The Morgan fingerprint density at radius 2 is 0.797 bits per heavy atom. The number of nitrogens with zero attached hydrogens (tertiary/aromatic N) is 15. The molecule has 9 heterocycles. The number of hydrogen-bond acceptors (Lipinski definition) is 23. The van der Waals surface area contributed by atoms with Crippen molar-refractivity contribution in [1.29, 1.82) is 0 Å². The van der Waals surface area contributed by atoms with Gasteiger partial charge >= 0.3 is 43.9 Å². The number of ether oxygens (including phenoxy) is 8. The molecule has 8 aromatic heterocycles. The van der Waals surface area contributed by atoms with Crippen LogP contribution in [-0.4, -0.2) is 177 Å². The Kier molecular flexibility index (Phi) is 36.0. The number of carbonyl (C=O) groups excluding carboxylic acids is 2. The van der Waals surface area contributed by atoms with Crippen LogP contribution in [0.1, 0.15) is 81.9 Å². The van der Waals surface area contributed by atoms with Crippen LogP contribution in [0.15, 0.2) is 265 Å². The van der Waals surface area contributed by atoms with Gasteiger partial charge in [-0.25, -0.2) is 72.0 Å². The van der Waals surface area contributed by atoms with Gasteiger partial charge in [-0.3, -0.25) is 15.2 Å². The van der Waals surface area contributed by atoms with E-state index in [1.807, 2.05) is 120 Å². The molecule has 0 spiro atoms. The zero-order valence-electron chi connectivity index (χ0n) is 78.0. The summed E-state index contributed by atoms with van der Waals surface area (Å²) in [4.78, 5) is 78.0. The third-order valence-corrected chi connectivity index (χ3v) is 23.4. The van der Waals surface area contributed by atoms with Gasteiger partial charge in [0.05, 0.1) is 144 Å². The Hall–Kier alpha value is -16.4. The molecule has 0 unspecified atom stereocenters. The summed E-state index contributed by atoms with van der Waals surface area (Å²) in [5.74, 6) is 0.157. The van der Waals surface area contributed by atoms with Crippen LogP contribution in [0.25, 0.3) is 104 Å². The van der Waals surface area contributed by atoms with E-state index in [-0.39, 0.29) is 66.8 Å². The van der Waals surface area contributed by atoms with Gasteiger partial charge in [-0.05, 0) is 144 Å². The van der Waals surface area contributed by atoms with E-state index in [1.165, 1.54) is 38.5 Å². The molecule has 0 radical (unpaired) electrons. The zero-order chi connectivity index (χ0) is 99.0. The third-order valence-electron chi connectivity index (χ3n) is 22.6. The number of rotatable bonds is 33. The van der Waals surface area contributed by atoms with Crippen molar-refractivity contribution in [2.24, 2.45) is 4.99 Å². The summed E-state index contributed by atoms with van der Waals surface area (Å²) in [6, 6.07) is 66.5. The molecule has 17 aromatic rings. The molecular weight excluding hydrogens is 1890 g/mol. The first-order valence-electron chi connectivity index (χ1n) is 43.8. The van der Waals surface area contributed by atoms with Crippen molar-refractivity contribution in [2.45, 2.75) is 58.7 Å². The number of hydrogen-bond donors (Lipinski definition) is 5. The van der Waals surface area contributed by atoms with Gasteiger partial charge in [0, 0.05) is 140 Å². The molecule has 1 aliphatic heterocycles. The first-order valence-corrected chi connectivity index (χ1v) is 44.6. The van der Waals surface area contributed by atoms with Crippen molar-refractivity contribution in [3.63, 3.8) is 0 Å². The number of allylic oxidation sites excluding steroid dienone is 1. The minimum Gasteiger partial charge on any atom is -0.870 e. The van der Waals surface area contributed by atoms with Gasteiger partial charge in [0.1, 0.15) is 54.7 Å². The molecule has 143 heavy (non-hydrogen) atoms. The molecule has 0 saturated heterocycles. The van der Waals surface area contributed by atoms with Crippen LogP contribution < -0.4 is 33.1 Å². The molecule has 0 bridgehead atoms. The van der Waals surface area contributed by atoms with Crippen LogP contribution in [0.4, 0.5) is 30.2 Å². The summed E-state index contributed by atoms with van der Waals surface area (Å²) >= 11 is 3.72. The normalized spacial score (nSPS) is 11.1. The van der Waals surface area contributed by atoms with E-state index in [1.54, 1.807) is 137 Å². The fraction of sp³-hybridized carbons (Fsp3) is 0.171. The predicted molar refractivity (Wildman–Crippen MR) is 529 cm³/mol. The number of nitrogens with one attached hydrogen (secondary N) is 2. The van der Waals surface area contributed by atoms with E-state index in [9.17, 15) is 32.7 Å². The Labute approximate surface area is 838 Å². The topological polar surface area (TPSA) is 391 Å². The van der Waals surface area contributed by atoms with Gasteiger partial charge in [-0.1, -0.05) is 113 Å². The Balaban J connectivity index is 0.000000172. The summed E-state index contributed by atoms with van der Waals surface area (Å²) in [7, 11) is 6.24. The summed E-state index contributed by atoms with van der Waals surface area (Å²) in [5.41, 5.74) is 18.9. The number of fused-ring (bicyclic) bond motifs is 3. The van der Waals surface area contributed by atoms with Crippen LogP contribution >= 0.6 is 15.9 Å². The number of aromatic amines is 2. The number of halogens is 4. The van der Waals surface area contributed by atoms with Crippen LogP contribution in [0.3, 0.4) is 0 Å². The van der Waals surface area contributed by atoms with Gasteiger partial charge in [0.2, 0.25) is 17.6 Å². The maximum Gasteiger partial charge on any atom is 1.00 e. The molecule has 1 aliphatic rings. The molecule has 0 atom stereocenters. The average molecular weight is 1980 g/mol. The number of carbonyl (C=O) groups is 3. The largest absolute Gasteiger partial charge is 1.00 e. The smallest absolute Gasteiger partial charge is 0.870 e. The summed E-state index contributed by atoms with van der Waals surface area (Å²) in [5, 5.41) is 40.9. The molecule has 18 rings (SSSR count). The number of carboxylic acids is 1. The van der Waals surface area contributed by atoms with Crippen molar-refractivity contribution in [3.8, 4) is 73.9 Å². The Morgan fingerprint density at radius 3 is 1.11 bits per heavy atom. The second kappa shape index (κ2) is 49.5. The minimum absolute atomic E-state index is 0. The van der Waals surface area contributed by atoms with Crippen molar-refractivity contribution >= 4 is 96.7 Å². The SMILES string of the molecule is OB(O)C1=NCC=C1.[C-]#[N+]c1ccc(COc2cccc(-c3ccc(Cc4nc5ccc(C(=O)O)cc5n4CCOC)c(-c4ccn[nH]4)c3)n2)c(F)c1.[C-]#[N+]c1ccc(COc2cccc(-c3ccc(Cc4nc5ccc(C(=O)OC)cc5n4CCOC)c(-c4ccn[nH]4)c3)n2)c(F)c1.[C-]#[N+]c1ccc(COc2cccc(-c3ccc(Cc4nc5ccc(C(=O)OC)cc5n4CCOC)c(Br)c3)n2)c(F)c1.[Li+].[OH-].